The van der Waals surface area contributed by atoms with Gasteiger partial charge < -0.3 is 0 Å². The van der Waals surface area contributed by atoms with Crippen molar-refractivity contribution in [3.63, 3.8) is 0 Å². The Morgan fingerprint density at radius 1 is 0.880 bits per heavy atom. The molecule has 250 valence electrons. The van der Waals surface area contributed by atoms with Crippen LogP contribution < -0.4 is 0 Å². The topological polar surface area (TPSA) is 49.1 Å². The second kappa shape index (κ2) is 16.0. The number of nitrogens with one attached hydrogen (secondary N) is 1. The Morgan fingerprint density at radius 3 is 2.68 bits per heavy atom. The third-order valence-corrected chi connectivity index (χ3v) is 10.7. The lowest BCUT2D eigenvalue weighted by atomic mass is 9.75. The molecule has 1 fully saturated rings. The fraction of sp³-hybridized carbons (Fsp3) is 0.255. The molecule has 0 radical (unpaired) electrons. The van der Waals surface area contributed by atoms with Gasteiger partial charge in [-0.15, -0.1) is 0 Å². The standard InChI is InChI=1S/C47H47N3/c1-34(10-2-3-12-39-15-8-16-40-13-6-7-18-45(39)40)47(48)50-46(30-21-35-19-22-38(23-20-35)44-17-9-31-49-33-44)41-27-24-37(25-28-41)43-29-26-36-11-4-5-14-42(36)32-43/h2-3,6-10,12-13,15-19,21-24,27-33,35-37,39,45,48H,1,4-5,11,14,20,25-26H2/b10-2-,12-3+,30-21+,48-47?,50-46+. The normalized spacial score (nSPS) is 27.5. The first-order valence-corrected chi connectivity index (χ1v) is 18.3. The SMILES string of the molecule is C=C(/C=C\C=C\C1C=CC=C2C=CC=CC21)C(=N)/N=C(\C=C\C1C=CC(c2cccnc2)=CC1)C1=CCC(C2=CCC3CCCCC3=C2)C=C1. The Balaban J connectivity index is 1.04. The Labute approximate surface area is 298 Å². The summed E-state index contributed by atoms with van der Waals surface area (Å²) in [5.74, 6) is 2.28. The van der Waals surface area contributed by atoms with Gasteiger partial charge in [-0.1, -0.05) is 146 Å². The van der Waals surface area contributed by atoms with Crippen LogP contribution >= 0.6 is 0 Å². The van der Waals surface area contributed by atoms with E-state index in [-0.39, 0.29) is 11.8 Å². The van der Waals surface area contributed by atoms with Gasteiger partial charge in [-0.25, -0.2) is 4.99 Å². The molecule has 5 unspecified atom stereocenters. The fourth-order valence-electron chi connectivity index (χ4n) is 7.70. The smallest absolute Gasteiger partial charge is 0.151 e. The Morgan fingerprint density at radius 2 is 1.84 bits per heavy atom. The van der Waals surface area contributed by atoms with Crippen LogP contribution in [0.2, 0.25) is 0 Å². The van der Waals surface area contributed by atoms with Gasteiger partial charge in [0.1, 0.15) is 0 Å². The molecule has 6 aliphatic carbocycles. The van der Waals surface area contributed by atoms with Crippen LogP contribution in [0.25, 0.3) is 5.57 Å². The molecule has 1 heterocycles. The molecule has 0 amide bonds. The summed E-state index contributed by atoms with van der Waals surface area (Å²) in [4.78, 5) is 9.15. The number of hydrogen-bond donors (Lipinski definition) is 1. The first-order chi connectivity index (χ1) is 24.6. The zero-order valence-corrected chi connectivity index (χ0v) is 28.9. The van der Waals surface area contributed by atoms with Crippen LogP contribution in [-0.2, 0) is 0 Å². The van der Waals surface area contributed by atoms with E-state index in [1.54, 1.807) is 5.57 Å². The number of allylic oxidation sites excluding steroid dienone is 25. The molecular formula is C47H47N3. The minimum Gasteiger partial charge on any atom is -0.282 e. The van der Waals surface area contributed by atoms with Crippen molar-refractivity contribution in [3.8, 4) is 0 Å². The number of fused-ring (bicyclic) bond motifs is 2. The number of nitrogens with zero attached hydrogens (tertiary/aromatic N) is 2. The van der Waals surface area contributed by atoms with Gasteiger partial charge >= 0.3 is 0 Å². The van der Waals surface area contributed by atoms with Crippen molar-refractivity contribution >= 4 is 17.1 Å². The maximum absolute atomic E-state index is 8.90. The highest BCUT2D eigenvalue weighted by molar-refractivity contribution is 6.17. The van der Waals surface area contributed by atoms with E-state index in [0.717, 1.165) is 35.6 Å². The molecule has 1 N–H and O–H groups in total. The zero-order valence-electron chi connectivity index (χ0n) is 28.9. The third-order valence-electron chi connectivity index (χ3n) is 10.7. The average Bonchev–Trinajstić information content (AvgIpc) is 3.18. The highest BCUT2D eigenvalue weighted by Gasteiger charge is 2.24. The Kier molecular flexibility index (Phi) is 10.7. The highest BCUT2D eigenvalue weighted by atomic mass is 14.8. The summed E-state index contributed by atoms with van der Waals surface area (Å²) in [5, 5.41) is 8.90. The van der Waals surface area contributed by atoms with E-state index in [1.165, 1.54) is 48.8 Å². The molecule has 0 spiro atoms. The van der Waals surface area contributed by atoms with Gasteiger partial charge in [-0.05, 0) is 90.4 Å². The number of aromatic nitrogens is 1. The summed E-state index contributed by atoms with van der Waals surface area (Å²) in [5.41, 5.74) is 9.26. The molecule has 5 atom stereocenters. The molecule has 0 aliphatic heterocycles. The van der Waals surface area contributed by atoms with Gasteiger partial charge in [-0.2, -0.15) is 0 Å². The number of pyridine rings is 1. The largest absolute Gasteiger partial charge is 0.282 e. The van der Waals surface area contributed by atoms with Gasteiger partial charge in [0.15, 0.2) is 5.84 Å². The van der Waals surface area contributed by atoms with Crippen LogP contribution in [0.4, 0.5) is 0 Å². The second-order valence-electron chi connectivity index (χ2n) is 14.0. The van der Waals surface area contributed by atoms with Crippen LogP contribution in [0.1, 0.15) is 50.5 Å². The van der Waals surface area contributed by atoms with Crippen molar-refractivity contribution < 1.29 is 0 Å². The maximum Gasteiger partial charge on any atom is 0.151 e. The number of hydrogen-bond acceptors (Lipinski definition) is 2. The van der Waals surface area contributed by atoms with Crippen molar-refractivity contribution in [2.45, 2.75) is 44.9 Å². The number of rotatable bonds is 9. The summed E-state index contributed by atoms with van der Waals surface area (Å²) >= 11 is 0. The molecule has 3 nitrogen and oxygen atoms in total. The van der Waals surface area contributed by atoms with Gasteiger partial charge in [0.2, 0.25) is 0 Å². The molecule has 0 saturated heterocycles. The summed E-state index contributed by atoms with van der Waals surface area (Å²) < 4.78 is 0. The predicted octanol–water partition coefficient (Wildman–Crippen LogP) is 11.5. The molecule has 3 heteroatoms. The van der Waals surface area contributed by atoms with E-state index in [1.807, 2.05) is 30.6 Å². The second-order valence-corrected chi connectivity index (χ2v) is 14.0. The molecule has 0 aromatic carbocycles. The number of amidine groups is 1. The summed E-state index contributed by atoms with van der Waals surface area (Å²) in [6.07, 6.45) is 58.3. The average molecular weight is 654 g/mol. The van der Waals surface area contributed by atoms with Crippen molar-refractivity contribution in [3.05, 3.63) is 192 Å². The first kappa shape index (κ1) is 33.4. The molecule has 7 rings (SSSR count). The summed E-state index contributed by atoms with van der Waals surface area (Å²) in [6, 6.07) is 4.07. The molecule has 1 saturated carbocycles. The van der Waals surface area contributed by atoms with E-state index < -0.39 is 0 Å². The lowest BCUT2D eigenvalue weighted by molar-refractivity contribution is 0.449. The third kappa shape index (κ3) is 8.17. The van der Waals surface area contributed by atoms with E-state index in [0.29, 0.717) is 23.3 Å². The van der Waals surface area contributed by atoms with Crippen LogP contribution in [0.3, 0.4) is 0 Å². The van der Waals surface area contributed by atoms with Crippen molar-refractivity contribution in [1.82, 2.24) is 4.98 Å². The van der Waals surface area contributed by atoms with Gasteiger partial charge in [-0.3, -0.25) is 10.4 Å². The van der Waals surface area contributed by atoms with Crippen LogP contribution in [0.15, 0.2) is 192 Å². The van der Waals surface area contributed by atoms with Gasteiger partial charge in [0, 0.05) is 35.7 Å². The fourth-order valence-corrected chi connectivity index (χ4v) is 7.70. The monoisotopic (exact) mass is 653 g/mol. The predicted molar refractivity (Wildman–Crippen MR) is 212 cm³/mol. The van der Waals surface area contributed by atoms with E-state index in [2.05, 4.69) is 133 Å². The van der Waals surface area contributed by atoms with Crippen LogP contribution in [0, 0.1) is 35.0 Å². The summed E-state index contributed by atoms with van der Waals surface area (Å²) in [6.45, 7) is 4.20. The molecule has 50 heavy (non-hydrogen) atoms. The highest BCUT2D eigenvalue weighted by Crippen LogP contribution is 2.39. The quantitative estimate of drug-likeness (QED) is 0.161. The molecule has 1 aromatic rings. The van der Waals surface area contributed by atoms with E-state index in [9.17, 15) is 0 Å². The lowest BCUT2D eigenvalue weighted by Crippen LogP contribution is -2.15. The van der Waals surface area contributed by atoms with Crippen LogP contribution in [0.5, 0.6) is 0 Å². The summed E-state index contributed by atoms with van der Waals surface area (Å²) in [7, 11) is 0. The Hall–Kier alpha value is -5.15. The zero-order chi connectivity index (χ0) is 34.1. The van der Waals surface area contributed by atoms with E-state index in [4.69, 9.17) is 10.4 Å². The van der Waals surface area contributed by atoms with E-state index >= 15 is 0 Å². The van der Waals surface area contributed by atoms with Crippen molar-refractivity contribution in [2.24, 2.45) is 34.6 Å². The maximum atomic E-state index is 8.90. The molecule has 6 aliphatic rings. The molecule has 1 aromatic heterocycles. The first-order valence-electron chi connectivity index (χ1n) is 18.3. The molecular weight excluding hydrogens is 607 g/mol. The minimum absolute atomic E-state index is 0.176. The Bertz CT molecular complexity index is 1920. The van der Waals surface area contributed by atoms with Crippen LogP contribution in [-0.4, -0.2) is 16.5 Å². The van der Waals surface area contributed by atoms with Crippen molar-refractivity contribution in [1.29, 1.82) is 5.41 Å². The lowest BCUT2D eigenvalue weighted by Gasteiger charge is -2.30. The number of aliphatic imine (C=N–C) groups is 1. The van der Waals surface area contributed by atoms with Gasteiger partial charge in [0.25, 0.3) is 0 Å². The molecule has 0 bridgehead atoms. The minimum atomic E-state index is 0.176. The van der Waals surface area contributed by atoms with Gasteiger partial charge in [0.05, 0.1) is 5.71 Å². The van der Waals surface area contributed by atoms with Crippen molar-refractivity contribution in [2.75, 3.05) is 0 Å².